The Morgan fingerprint density at radius 2 is 2.00 bits per heavy atom. The monoisotopic (exact) mass is 342 g/mol. The van der Waals surface area contributed by atoms with Crippen molar-refractivity contribution < 1.29 is 22.7 Å². The largest absolute Gasteiger partial charge is 0.573 e. The van der Waals surface area contributed by atoms with Crippen molar-refractivity contribution in [2.45, 2.75) is 19.2 Å². The molecule has 0 N–H and O–H groups in total. The predicted octanol–water partition coefficient (Wildman–Crippen LogP) is 3.87. The van der Waals surface area contributed by atoms with Crippen molar-refractivity contribution in [2.75, 3.05) is 18.0 Å². The van der Waals surface area contributed by atoms with Gasteiger partial charge in [0, 0.05) is 18.7 Å². The SMILES string of the molecule is O=C(c1cccc(OC(F)(F)F)c1)c1cnc(N2CCCC2)s1. The van der Waals surface area contributed by atoms with Gasteiger partial charge >= 0.3 is 6.36 Å². The highest BCUT2D eigenvalue weighted by Gasteiger charge is 2.31. The molecule has 3 rings (SSSR count). The van der Waals surface area contributed by atoms with E-state index in [1.54, 1.807) is 0 Å². The molecule has 2 aromatic rings. The first-order valence-electron chi connectivity index (χ1n) is 7.04. The van der Waals surface area contributed by atoms with Crippen LogP contribution in [0.4, 0.5) is 18.3 Å². The van der Waals surface area contributed by atoms with Crippen LogP contribution >= 0.6 is 11.3 Å². The lowest BCUT2D eigenvalue weighted by Crippen LogP contribution is -2.17. The lowest BCUT2D eigenvalue weighted by atomic mass is 10.1. The summed E-state index contributed by atoms with van der Waals surface area (Å²) in [5.41, 5.74) is 0.142. The Bertz CT molecular complexity index is 709. The number of anilines is 1. The molecule has 23 heavy (non-hydrogen) atoms. The van der Waals surface area contributed by atoms with Crippen LogP contribution in [0, 0.1) is 0 Å². The smallest absolute Gasteiger partial charge is 0.406 e. The molecule has 0 saturated carbocycles. The third kappa shape index (κ3) is 3.82. The van der Waals surface area contributed by atoms with Gasteiger partial charge in [0.15, 0.2) is 5.13 Å². The number of ketones is 1. The van der Waals surface area contributed by atoms with E-state index < -0.39 is 12.1 Å². The van der Waals surface area contributed by atoms with E-state index in [-0.39, 0.29) is 11.3 Å². The molecule has 0 radical (unpaired) electrons. The first-order valence-corrected chi connectivity index (χ1v) is 7.85. The number of benzene rings is 1. The fourth-order valence-electron chi connectivity index (χ4n) is 2.40. The third-order valence-electron chi connectivity index (χ3n) is 3.42. The van der Waals surface area contributed by atoms with Gasteiger partial charge in [0.25, 0.3) is 0 Å². The molecule has 2 heterocycles. The highest BCUT2D eigenvalue weighted by molar-refractivity contribution is 7.17. The standard InChI is InChI=1S/C15H13F3N2O2S/c16-15(17,18)22-11-5-3-4-10(8-11)13(21)12-9-19-14(23-12)20-6-1-2-7-20/h3-5,8-9H,1-2,6-7H2. The van der Waals surface area contributed by atoms with Gasteiger partial charge in [-0.05, 0) is 25.0 Å². The number of carbonyl (C=O) groups is 1. The maximum atomic E-state index is 12.4. The average Bonchev–Trinajstić information content (AvgIpc) is 3.16. The number of hydrogen-bond acceptors (Lipinski definition) is 5. The van der Waals surface area contributed by atoms with Gasteiger partial charge in [0.2, 0.25) is 5.78 Å². The first kappa shape index (κ1) is 15.8. The van der Waals surface area contributed by atoms with Gasteiger partial charge in [-0.3, -0.25) is 4.79 Å². The molecule has 1 saturated heterocycles. The van der Waals surface area contributed by atoms with Crippen molar-refractivity contribution in [3.8, 4) is 5.75 Å². The topological polar surface area (TPSA) is 42.4 Å². The van der Waals surface area contributed by atoms with E-state index in [2.05, 4.69) is 14.6 Å². The maximum Gasteiger partial charge on any atom is 0.573 e. The molecule has 1 aliphatic heterocycles. The molecule has 1 aromatic heterocycles. The molecule has 1 aliphatic rings. The number of carbonyl (C=O) groups excluding carboxylic acids is 1. The number of thiazole rings is 1. The lowest BCUT2D eigenvalue weighted by molar-refractivity contribution is -0.274. The van der Waals surface area contributed by atoms with Gasteiger partial charge in [-0.15, -0.1) is 13.2 Å². The summed E-state index contributed by atoms with van der Waals surface area (Å²) in [5, 5.41) is 0.772. The van der Waals surface area contributed by atoms with Gasteiger partial charge in [0.1, 0.15) is 5.75 Å². The summed E-state index contributed by atoms with van der Waals surface area (Å²) in [6.45, 7) is 1.83. The summed E-state index contributed by atoms with van der Waals surface area (Å²) in [4.78, 5) is 19.1. The van der Waals surface area contributed by atoms with Crippen LogP contribution in [0.15, 0.2) is 30.5 Å². The van der Waals surface area contributed by atoms with Crippen molar-refractivity contribution in [3.05, 3.63) is 40.9 Å². The van der Waals surface area contributed by atoms with Crippen molar-refractivity contribution in [1.29, 1.82) is 0 Å². The predicted molar refractivity (Wildman–Crippen MR) is 80.1 cm³/mol. The summed E-state index contributed by atoms with van der Waals surface area (Å²) < 4.78 is 40.6. The maximum absolute atomic E-state index is 12.4. The molecule has 122 valence electrons. The van der Waals surface area contributed by atoms with E-state index in [4.69, 9.17) is 0 Å². The molecular formula is C15H13F3N2O2S. The van der Waals surface area contributed by atoms with E-state index in [0.717, 1.165) is 43.2 Å². The minimum atomic E-state index is -4.78. The van der Waals surface area contributed by atoms with Crippen molar-refractivity contribution >= 4 is 22.3 Å². The van der Waals surface area contributed by atoms with Gasteiger partial charge in [-0.2, -0.15) is 0 Å². The van der Waals surface area contributed by atoms with E-state index in [9.17, 15) is 18.0 Å². The Kier molecular flexibility index (Phi) is 4.25. The Labute approximate surface area is 134 Å². The highest BCUT2D eigenvalue weighted by atomic mass is 32.1. The Morgan fingerprint density at radius 1 is 1.26 bits per heavy atom. The van der Waals surface area contributed by atoms with Crippen LogP contribution in [0.5, 0.6) is 5.75 Å². The molecule has 0 spiro atoms. The number of alkyl halides is 3. The van der Waals surface area contributed by atoms with Crippen molar-refractivity contribution in [2.24, 2.45) is 0 Å². The lowest BCUT2D eigenvalue weighted by Gasteiger charge is -2.12. The zero-order valence-corrected chi connectivity index (χ0v) is 12.8. The summed E-state index contributed by atoms with van der Waals surface area (Å²) in [5.74, 6) is -0.770. The molecule has 1 aromatic carbocycles. The molecule has 0 aliphatic carbocycles. The van der Waals surface area contributed by atoms with Crippen molar-refractivity contribution in [1.82, 2.24) is 4.98 Å². The number of nitrogens with zero attached hydrogens (tertiary/aromatic N) is 2. The van der Waals surface area contributed by atoms with Gasteiger partial charge in [0.05, 0.1) is 11.1 Å². The minimum Gasteiger partial charge on any atom is -0.406 e. The summed E-state index contributed by atoms with van der Waals surface area (Å²) in [7, 11) is 0. The average molecular weight is 342 g/mol. The number of ether oxygens (including phenoxy) is 1. The zero-order chi connectivity index (χ0) is 16.4. The molecule has 4 nitrogen and oxygen atoms in total. The van der Waals surface area contributed by atoms with E-state index in [1.807, 2.05) is 0 Å². The fraction of sp³-hybridized carbons (Fsp3) is 0.333. The van der Waals surface area contributed by atoms with Crippen LogP contribution in [0.2, 0.25) is 0 Å². The van der Waals surface area contributed by atoms with Crippen LogP contribution in [0.25, 0.3) is 0 Å². The van der Waals surface area contributed by atoms with Crippen LogP contribution in [-0.2, 0) is 0 Å². The van der Waals surface area contributed by atoms with Gasteiger partial charge in [-0.1, -0.05) is 23.5 Å². The molecular weight excluding hydrogens is 329 g/mol. The van der Waals surface area contributed by atoms with Crippen LogP contribution in [0.3, 0.4) is 0 Å². The number of halogens is 3. The summed E-state index contributed by atoms with van der Waals surface area (Å²) >= 11 is 1.25. The second kappa shape index (κ2) is 6.19. The zero-order valence-electron chi connectivity index (χ0n) is 12.0. The molecule has 1 fully saturated rings. The number of hydrogen-bond donors (Lipinski definition) is 0. The Balaban J connectivity index is 1.79. The second-order valence-corrected chi connectivity index (χ2v) is 6.12. The fourth-order valence-corrected chi connectivity index (χ4v) is 3.33. The Morgan fingerprint density at radius 3 is 2.70 bits per heavy atom. The quantitative estimate of drug-likeness (QED) is 0.791. The summed E-state index contributed by atoms with van der Waals surface area (Å²) in [6, 6.07) is 5.06. The Hall–Kier alpha value is -2.09. The minimum absolute atomic E-state index is 0.142. The third-order valence-corrected chi connectivity index (χ3v) is 4.48. The van der Waals surface area contributed by atoms with Crippen LogP contribution in [0.1, 0.15) is 28.1 Å². The van der Waals surface area contributed by atoms with Gasteiger partial charge in [-0.25, -0.2) is 4.98 Å². The molecule has 0 amide bonds. The summed E-state index contributed by atoms with van der Waals surface area (Å²) in [6.07, 6.45) is -1.12. The molecule has 8 heteroatoms. The number of rotatable bonds is 4. The second-order valence-electron chi connectivity index (χ2n) is 5.11. The highest BCUT2D eigenvalue weighted by Crippen LogP contribution is 2.29. The number of aromatic nitrogens is 1. The van der Waals surface area contributed by atoms with E-state index in [0.29, 0.717) is 4.88 Å². The molecule has 0 bridgehead atoms. The van der Waals surface area contributed by atoms with Crippen molar-refractivity contribution in [3.63, 3.8) is 0 Å². The molecule has 0 unspecified atom stereocenters. The first-order chi connectivity index (χ1) is 10.9. The van der Waals surface area contributed by atoms with E-state index in [1.165, 1.54) is 29.7 Å². The normalized spacial score (nSPS) is 15.0. The van der Waals surface area contributed by atoms with Crippen LogP contribution < -0.4 is 9.64 Å². The van der Waals surface area contributed by atoms with E-state index >= 15 is 0 Å². The van der Waals surface area contributed by atoms with Crippen LogP contribution in [-0.4, -0.2) is 30.2 Å². The molecule has 0 atom stereocenters. The van der Waals surface area contributed by atoms with Gasteiger partial charge < -0.3 is 9.64 Å².